The van der Waals surface area contributed by atoms with Crippen LogP contribution in [0.25, 0.3) is 0 Å². The number of furan rings is 1. The summed E-state index contributed by atoms with van der Waals surface area (Å²) >= 11 is 0. The van der Waals surface area contributed by atoms with Crippen molar-refractivity contribution in [1.29, 1.82) is 0 Å². The molecule has 4 rings (SSSR count). The Hall–Kier alpha value is -2.23. The molecule has 1 aromatic heterocycles. The summed E-state index contributed by atoms with van der Waals surface area (Å²) in [5.41, 5.74) is 2.95. The van der Waals surface area contributed by atoms with Gasteiger partial charge in [0.2, 0.25) is 0 Å². The van der Waals surface area contributed by atoms with Gasteiger partial charge in [0.1, 0.15) is 11.5 Å². The lowest BCUT2D eigenvalue weighted by atomic mass is 9.93. The maximum atomic E-state index is 12.5. The smallest absolute Gasteiger partial charge is 0.251 e. The fourth-order valence-corrected chi connectivity index (χ4v) is 3.21. The molecular weight excluding hydrogens is 266 g/mol. The van der Waals surface area contributed by atoms with Gasteiger partial charge in [0.25, 0.3) is 5.91 Å². The van der Waals surface area contributed by atoms with Crippen molar-refractivity contribution in [3.8, 4) is 5.75 Å². The molecule has 108 valence electrons. The van der Waals surface area contributed by atoms with Crippen LogP contribution in [0.2, 0.25) is 0 Å². The van der Waals surface area contributed by atoms with E-state index in [0.717, 1.165) is 48.3 Å². The van der Waals surface area contributed by atoms with Gasteiger partial charge in [0, 0.05) is 24.0 Å². The second-order valence-corrected chi connectivity index (χ2v) is 5.64. The fraction of sp³-hybridized carbons (Fsp3) is 0.353. The van der Waals surface area contributed by atoms with Crippen molar-refractivity contribution >= 4 is 5.91 Å². The standard InChI is InChI=1S/C17H17NO3/c19-17(12-4-5-15-11(10-12)6-8-20-15)18-14-2-1-3-16-13(14)7-9-21-16/h4-5,7,9-10,14H,1-3,6,8H2,(H,18,19). The Morgan fingerprint density at radius 3 is 3.14 bits per heavy atom. The highest BCUT2D eigenvalue weighted by Crippen LogP contribution is 2.31. The molecule has 1 atom stereocenters. The molecule has 2 aromatic rings. The highest BCUT2D eigenvalue weighted by atomic mass is 16.5. The van der Waals surface area contributed by atoms with Crippen LogP contribution < -0.4 is 10.1 Å². The van der Waals surface area contributed by atoms with Crippen LogP contribution in [0.15, 0.2) is 34.9 Å². The van der Waals surface area contributed by atoms with Crippen LogP contribution in [0.1, 0.15) is 46.1 Å². The molecule has 2 aliphatic rings. The van der Waals surface area contributed by atoms with E-state index >= 15 is 0 Å². The molecule has 0 saturated heterocycles. The SMILES string of the molecule is O=C(NC1CCCc2occc21)c1ccc2c(c1)CCO2. The Kier molecular flexibility index (Phi) is 2.95. The third-order valence-electron chi connectivity index (χ3n) is 4.31. The molecule has 4 heteroatoms. The summed E-state index contributed by atoms with van der Waals surface area (Å²) in [5, 5.41) is 3.13. The molecule has 21 heavy (non-hydrogen) atoms. The number of ether oxygens (including phenoxy) is 1. The van der Waals surface area contributed by atoms with Gasteiger partial charge in [-0.15, -0.1) is 0 Å². The Bertz CT molecular complexity index is 689. The molecule has 4 nitrogen and oxygen atoms in total. The summed E-state index contributed by atoms with van der Waals surface area (Å²) < 4.78 is 10.9. The molecule has 1 unspecified atom stereocenters. The number of carbonyl (C=O) groups is 1. The van der Waals surface area contributed by atoms with E-state index in [-0.39, 0.29) is 11.9 Å². The van der Waals surface area contributed by atoms with E-state index in [0.29, 0.717) is 12.2 Å². The molecule has 1 aliphatic heterocycles. The van der Waals surface area contributed by atoms with Crippen LogP contribution in [0.4, 0.5) is 0 Å². The van der Waals surface area contributed by atoms with Crippen molar-refractivity contribution in [3.05, 3.63) is 53.0 Å². The Morgan fingerprint density at radius 2 is 2.19 bits per heavy atom. The minimum absolute atomic E-state index is 0.0243. The minimum Gasteiger partial charge on any atom is -0.493 e. The van der Waals surface area contributed by atoms with Crippen LogP contribution >= 0.6 is 0 Å². The van der Waals surface area contributed by atoms with Crippen LogP contribution in [0.3, 0.4) is 0 Å². The van der Waals surface area contributed by atoms with E-state index in [4.69, 9.17) is 9.15 Å². The average molecular weight is 283 g/mol. The summed E-state index contributed by atoms with van der Waals surface area (Å²) in [7, 11) is 0. The van der Waals surface area contributed by atoms with Crippen molar-refractivity contribution in [3.63, 3.8) is 0 Å². The summed E-state index contributed by atoms with van der Waals surface area (Å²) in [6.07, 6.45) is 5.56. The first kappa shape index (κ1) is 12.5. The molecule has 1 amide bonds. The third kappa shape index (κ3) is 2.20. The number of hydrogen-bond acceptors (Lipinski definition) is 3. The van der Waals surface area contributed by atoms with Crippen molar-refractivity contribution in [2.45, 2.75) is 31.7 Å². The van der Waals surface area contributed by atoms with E-state index in [2.05, 4.69) is 5.32 Å². The van der Waals surface area contributed by atoms with Gasteiger partial charge in [-0.25, -0.2) is 0 Å². The van der Waals surface area contributed by atoms with Crippen LogP contribution in [0.5, 0.6) is 5.75 Å². The van der Waals surface area contributed by atoms with E-state index < -0.39 is 0 Å². The van der Waals surface area contributed by atoms with E-state index in [1.165, 1.54) is 0 Å². The molecular formula is C17H17NO3. The Balaban J connectivity index is 1.54. The first-order valence-electron chi connectivity index (χ1n) is 7.44. The first-order chi connectivity index (χ1) is 10.3. The van der Waals surface area contributed by atoms with Gasteiger partial charge < -0.3 is 14.5 Å². The molecule has 0 saturated carbocycles. The lowest BCUT2D eigenvalue weighted by molar-refractivity contribution is 0.0932. The Morgan fingerprint density at radius 1 is 1.24 bits per heavy atom. The number of benzene rings is 1. The van der Waals surface area contributed by atoms with E-state index in [1.54, 1.807) is 6.26 Å². The molecule has 1 aliphatic carbocycles. The molecule has 1 aromatic carbocycles. The van der Waals surface area contributed by atoms with Crippen molar-refractivity contribution in [2.24, 2.45) is 0 Å². The second-order valence-electron chi connectivity index (χ2n) is 5.64. The normalized spacial score (nSPS) is 19.5. The van der Waals surface area contributed by atoms with Crippen molar-refractivity contribution in [1.82, 2.24) is 5.32 Å². The second kappa shape index (κ2) is 4.95. The largest absolute Gasteiger partial charge is 0.493 e. The lowest BCUT2D eigenvalue weighted by Gasteiger charge is -2.22. The molecule has 0 radical (unpaired) electrons. The zero-order chi connectivity index (χ0) is 14.2. The van der Waals surface area contributed by atoms with E-state index in [9.17, 15) is 4.79 Å². The molecule has 1 N–H and O–H groups in total. The number of rotatable bonds is 2. The third-order valence-corrected chi connectivity index (χ3v) is 4.31. The average Bonchev–Trinajstić information content (AvgIpc) is 3.15. The maximum Gasteiger partial charge on any atom is 0.251 e. The van der Waals surface area contributed by atoms with Crippen LogP contribution in [-0.2, 0) is 12.8 Å². The monoisotopic (exact) mass is 283 g/mol. The summed E-state index contributed by atoms with van der Waals surface area (Å²) in [4.78, 5) is 12.5. The number of amides is 1. The summed E-state index contributed by atoms with van der Waals surface area (Å²) in [6.45, 7) is 0.710. The van der Waals surface area contributed by atoms with Crippen molar-refractivity contribution in [2.75, 3.05) is 6.61 Å². The highest BCUT2D eigenvalue weighted by Gasteiger charge is 2.25. The number of hydrogen-bond donors (Lipinski definition) is 1. The minimum atomic E-state index is -0.0243. The van der Waals surface area contributed by atoms with Gasteiger partial charge in [-0.05, 0) is 42.7 Å². The zero-order valence-corrected chi connectivity index (χ0v) is 11.7. The molecule has 0 spiro atoms. The number of nitrogens with one attached hydrogen (secondary N) is 1. The zero-order valence-electron chi connectivity index (χ0n) is 11.7. The van der Waals surface area contributed by atoms with Gasteiger partial charge in [-0.3, -0.25) is 4.79 Å². The topological polar surface area (TPSA) is 51.5 Å². The maximum absolute atomic E-state index is 12.5. The van der Waals surface area contributed by atoms with Gasteiger partial charge >= 0.3 is 0 Å². The number of aryl methyl sites for hydroxylation is 1. The number of carbonyl (C=O) groups excluding carboxylic acids is 1. The molecule has 2 heterocycles. The first-order valence-corrected chi connectivity index (χ1v) is 7.44. The Labute approximate surface area is 123 Å². The van der Waals surface area contributed by atoms with Gasteiger partial charge in [-0.2, -0.15) is 0 Å². The van der Waals surface area contributed by atoms with Crippen molar-refractivity contribution < 1.29 is 13.9 Å². The molecule has 0 fully saturated rings. The lowest BCUT2D eigenvalue weighted by Crippen LogP contribution is -2.30. The highest BCUT2D eigenvalue weighted by molar-refractivity contribution is 5.95. The predicted octanol–water partition coefficient (Wildman–Crippen LogP) is 3.02. The van der Waals surface area contributed by atoms with Crippen LogP contribution in [0, 0.1) is 0 Å². The quantitative estimate of drug-likeness (QED) is 0.921. The van der Waals surface area contributed by atoms with E-state index in [1.807, 2.05) is 24.3 Å². The van der Waals surface area contributed by atoms with Crippen LogP contribution in [-0.4, -0.2) is 12.5 Å². The van der Waals surface area contributed by atoms with Gasteiger partial charge in [0.15, 0.2) is 0 Å². The predicted molar refractivity (Wildman–Crippen MR) is 77.5 cm³/mol. The number of fused-ring (bicyclic) bond motifs is 2. The van der Waals surface area contributed by atoms with Gasteiger partial charge in [0.05, 0.1) is 18.9 Å². The van der Waals surface area contributed by atoms with Gasteiger partial charge in [-0.1, -0.05) is 0 Å². The fourth-order valence-electron chi connectivity index (χ4n) is 3.21. The summed E-state index contributed by atoms with van der Waals surface area (Å²) in [5.74, 6) is 1.89. The summed E-state index contributed by atoms with van der Waals surface area (Å²) in [6, 6.07) is 7.69. The molecule has 0 bridgehead atoms.